The molecule has 0 saturated carbocycles. The minimum absolute atomic E-state index is 0.0218. The van der Waals surface area contributed by atoms with Crippen molar-refractivity contribution in [1.82, 2.24) is 20.0 Å². The van der Waals surface area contributed by atoms with E-state index in [9.17, 15) is 14.0 Å². The van der Waals surface area contributed by atoms with Gasteiger partial charge in [0.05, 0.1) is 28.5 Å². The summed E-state index contributed by atoms with van der Waals surface area (Å²) >= 11 is 1.36. The zero-order valence-corrected chi connectivity index (χ0v) is 15.6. The van der Waals surface area contributed by atoms with Gasteiger partial charge in [-0.1, -0.05) is 0 Å². The smallest absolute Gasteiger partial charge is 0.270 e. The largest absolute Gasteiger partial charge is 0.310 e. The highest BCUT2D eigenvalue weighted by molar-refractivity contribution is 8.00. The summed E-state index contributed by atoms with van der Waals surface area (Å²) in [6.07, 6.45) is 1.65. The molecule has 1 aliphatic rings. The van der Waals surface area contributed by atoms with E-state index < -0.39 is 0 Å². The molecule has 3 aromatic rings. The Balaban J connectivity index is 1.87. The first kappa shape index (κ1) is 17.6. The van der Waals surface area contributed by atoms with Gasteiger partial charge in [0.1, 0.15) is 11.6 Å². The number of aromatic nitrogens is 4. The van der Waals surface area contributed by atoms with Crippen LogP contribution in [0.15, 0.2) is 35.3 Å². The van der Waals surface area contributed by atoms with Gasteiger partial charge in [-0.3, -0.25) is 24.5 Å². The fourth-order valence-electron chi connectivity index (χ4n) is 3.22. The third kappa shape index (κ3) is 3.08. The standard InChI is InChI=1S/C18H18FN5O2S/c1-9(2)24-17-14(18(26)23-24)16(27-8-13(25)21-17)12-7-20-22-15(12)10-3-5-11(19)6-4-10/h3-7,9,16H,8H2,1-2H3,(H,20,22)(H,21,25)(H,23,26)/t16-/m1/s1. The predicted octanol–water partition coefficient (Wildman–Crippen LogP) is 3.06. The maximum Gasteiger partial charge on any atom is 0.270 e. The molecule has 0 unspecified atom stereocenters. The molecule has 4 rings (SSSR count). The third-order valence-corrected chi connectivity index (χ3v) is 5.72. The average molecular weight is 387 g/mol. The molecule has 3 heterocycles. The van der Waals surface area contributed by atoms with Crippen LogP contribution in [0, 0.1) is 5.82 Å². The summed E-state index contributed by atoms with van der Waals surface area (Å²) in [6, 6.07) is 6.03. The van der Waals surface area contributed by atoms with Crippen LogP contribution in [0.3, 0.4) is 0 Å². The van der Waals surface area contributed by atoms with E-state index in [0.29, 0.717) is 17.1 Å². The molecule has 0 saturated heterocycles. The topological polar surface area (TPSA) is 95.6 Å². The van der Waals surface area contributed by atoms with E-state index >= 15 is 0 Å². The molecule has 7 nitrogen and oxygen atoms in total. The Morgan fingerprint density at radius 1 is 1.26 bits per heavy atom. The van der Waals surface area contributed by atoms with Crippen molar-refractivity contribution in [3.05, 3.63) is 57.8 Å². The molecule has 0 radical (unpaired) electrons. The zero-order valence-electron chi connectivity index (χ0n) is 14.7. The molecule has 2 aromatic heterocycles. The Bertz CT molecular complexity index is 1050. The van der Waals surface area contributed by atoms with Gasteiger partial charge >= 0.3 is 0 Å². The molecule has 0 aliphatic carbocycles. The number of nitrogens with one attached hydrogen (secondary N) is 3. The molecule has 1 amide bonds. The Labute approximate surface area is 158 Å². The van der Waals surface area contributed by atoms with Crippen LogP contribution in [0.2, 0.25) is 0 Å². The van der Waals surface area contributed by atoms with Gasteiger partial charge in [-0.05, 0) is 38.1 Å². The maximum atomic E-state index is 13.3. The minimum Gasteiger partial charge on any atom is -0.310 e. The number of carbonyl (C=O) groups is 1. The van der Waals surface area contributed by atoms with Crippen molar-refractivity contribution in [3.8, 4) is 11.3 Å². The fraction of sp³-hybridized carbons (Fsp3) is 0.278. The molecule has 0 spiro atoms. The SMILES string of the molecule is CC(C)n1[nH]c(=O)c2c1NC(=O)CS[C@@H]2c1cn[nH]c1-c1ccc(F)cc1. The van der Waals surface area contributed by atoms with Gasteiger partial charge < -0.3 is 5.32 Å². The molecule has 27 heavy (non-hydrogen) atoms. The molecule has 1 aliphatic heterocycles. The quantitative estimate of drug-likeness (QED) is 0.644. The van der Waals surface area contributed by atoms with Gasteiger partial charge in [-0.2, -0.15) is 5.10 Å². The summed E-state index contributed by atoms with van der Waals surface area (Å²) in [5, 5.41) is 12.3. The second-order valence-corrected chi connectivity index (χ2v) is 7.71. The first-order valence-corrected chi connectivity index (χ1v) is 9.55. The lowest BCUT2D eigenvalue weighted by molar-refractivity contribution is -0.113. The summed E-state index contributed by atoms with van der Waals surface area (Å²) in [7, 11) is 0. The molecule has 0 bridgehead atoms. The van der Waals surface area contributed by atoms with Gasteiger partial charge in [-0.15, -0.1) is 11.8 Å². The van der Waals surface area contributed by atoms with Crippen LogP contribution in [-0.2, 0) is 4.79 Å². The number of hydrogen-bond donors (Lipinski definition) is 3. The maximum absolute atomic E-state index is 13.3. The third-order valence-electron chi connectivity index (χ3n) is 4.46. The van der Waals surface area contributed by atoms with Crippen LogP contribution < -0.4 is 10.9 Å². The highest BCUT2D eigenvalue weighted by Crippen LogP contribution is 2.43. The van der Waals surface area contributed by atoms with Crippen molar-refractivity contribution in [2.75, 3.05) is 11.1 Å². The number of benzene rings is 1. The molecular formula is C18H18FN5O2S. The van der Waals surface area contributed by atoms with Crippen molar-refractivity contribution in [2.45, 2.75) is 25.1 Å². The monoisotopic (exact) mass is 387 g/mol. The molecule has 1 aromatic carbocycles. The first-order chi connectivity index (χ1) is 13.0. The number of thioether (sulfide) groups is 1. The highest BCUT2D eigenvalue weighted by atomic mass is 32.2. The number of rotatable bonds is 3. The molecular weight excluding hydrogens is 369 g/mol. The number of anilines is 1. The van der Waals surface area contributed by atoms with Gasteiger partial charge in [0.25, 0.3) is 5.56 Å². The van der Waals surface area contributed by atoms with Crippen molar-refractivity contribution in [2.24, 2.45) is 0 Å². The number of amides is 1. The van der Waals surface area contributed by atoms with Crippen LogP contribution in [-0.4, -0.2) is 31.6 Å². The van der Waals surface area contributed by atoms with Gasteiger partial charge in [0.15, 0.2) is 0 Å². The Morgan fingerprint density at radius 2 is 2.00 bits per heavy atom. The van der Waals surface area contributed by atoms with Crippen molar-refractivity contribution in [1.29, 1.82) is 0 Å². The van der Waals surface area contributed by atoms with Crippen LogP contribution in [0.25, 0.3) is 11.3 Å². The normalized spacial score (nSPS) is 16.9. The Hall–Kier alpha value is -2.81. The number of nitrogens with zero attached hydrogens (tertiary/aromatic N) is 2. The fourth-order valence-corrected chi connectivity index (χ4v) is 4.35. The Kier molecular flexibility index (Phi) is 4.39. The minimum atomic E-state index is -0.387. The predicted molar refractivity (Wildman–Crippen MR) is 102 cm³/mol. The summed E-state index contributed by atoms with van der Waals surface area (Å²) < 4.78 is 15.0. The van der Waals surface area contributed by atoms with Gasteiger partial charge in [0.2, 0.25) is 5.91 Å². The van der Waals surface area contributed by atoms with Gasteiger partial charge in [-0.25, -0.2) is 4.39 Å². The summed E-state index contributed by atoms with van der Waals surface area (Å²) in [6.45, 7) is 3.86. The lowest BCUT2D eigenvalue weighted by Gasteiger charge is -2.15. The molecule has 3 N–H and O–H groups in total. The number of carbonyl (C=O) groups excluding carboxylic acids is 1. The van der Waals surface area contributed by atoms with E-state index in [0.717, 1.165) is 11.1 Å². The van der Waals surface area contributed by atoms with E-state index in [-0.39, 0.29) is 34.3 Å². The summed E-state index contributed by atoms with van der Waals surface area (Å²) in [5.74, 6) is 0.210. The number of H-pyrrole nitrogens is 2. The summed E-state index contributed by atoms with van der Waals surface area (Å²) in [5.41, 5.74) is 2.48. The van der Waals surface area contributed by atoms with E-state index in [1.54, 1.807) is 23.0 Å². The summed E-state index contributed by atoms with van der Waals surface area (Å²) in [4.78, 5) is 24.9. The van der Waals surface area contributed by atoms with Crippen LogP contribution in [0.5, 0.6) is 0 Å². The van der Waals surface area contributed by atoms with E-state index in [1.807, 2.05) is 13.8 Å². The number of fused-ring (bicyclic) bond motifs is 1. The molecule has 0 fully saturated rings. The van der Waals surface area contributed by atoms with Crippen molar-refractivity contribution >= 4 is 23.5 Å². The van der Waals surface area contributed by atoms with E-state index in [2.05, 4.69) is 20.6 Å². The van der Waals surface area contributed by atoms with Crippen LogP contribution in [0.1, 0.15) is 36.3 Å². The highest BCUT2D eigenvalue weighted by Gasteiger charge is 2.33. The molecule has 1 atom stereocenters. The number of hydrogen-bond acceptors (Lipinski definition) is 4. The molecule has 140 valence electrons. The lowest BCUT2D eigenvalue weighted by Crippen LogP contribution is -2.17. The number of aromatic amines is 2. The molecule has 9 heteroatoms. The van der Waals surface area contributed by atoms with Crippen LogP contribution >= 0.6 is 11.8 Å². The van der Waals surface area contributed by atoms with Gasteiger partial charge in [0, 0.05) is 17.2 Å². The van der Waals surface area contributed by atoms with Crippen LogP contribution in [0.4, 0.5) is 10.2 Å². The second kappa shape index (κ2) is 6.73. The lowest BCUT2D eigenvalue weighted by atomic mass is 10.0. The van der Waals surface area contributed by atoms with Crippen molar-refractivity contribution in [3.63, 3.8) is 0 Å². The Morgan fingerprint density at radius 3 is 2.70 bits per heavy atom. The number of halogens is 1. The first-order valence-electron chi connectivity index (χ1n) is 8.50. The zero-order chi connectivity index (χ0) is 19.1. The second-order valence-electron chi connectivity index (χ2n) is 6.61. The van der Waals surface area contributed by atoms with E-state index in [1.165, 1.54) is 23.9 Å². The van der Waals surface area contributed by atoms with Crippen molar-refractivity contribution < 1.29 is 9.18 Å². The average Bonchev–Trinajstić information content (AvgIpc) is 3.18. The van der Waals surface area contributed by atoms with E-state index in [4.69, 9.17) is 0 Å².